The number of aromatic nitrogens is 1. The van der Waals surface area contributed by atoms with Gasteiger partial charge >= 0.3 is 11.9 Å². The van der Waals surface area contributed by atoms with Crippen LogP contribution in [-0.4, -0.2) is 35.6 Å². The van der Waals surface area contributed by atoms with Gasteiger partial charge in [0.2, 0.25) is 0 Å². The van der Waals surface area contributed by atoms with Crippen molar-refractivity contribution in [2.75, 3.05) is 13.2 Å². The van der Waals surface area contributed by atoms with Crippen molar-refractivity contribution in [1.29, 1.82) is 0 Å². The van der Waals surface area contributed by atoms with Crippen LogP contribution in [0.1, 0.15) is 46.0 Å². The SMILES string of the molecule is CCOC(=O)C1=Cc2c(C)c(C(=O)OCC)c(C)n2C1=O. The molecule has 0 bridgehead atoms. The molecule has 1 aliphatic heterocycles. The van der Waals surface area contributed by atoms with E-state index < -0.39 is 17.8 Å². The lowest BCUT2D eigenvalue weighted by atomic mass is 10.1. The predicted molar refractivity (Wildman–Crippen MR) is 75.1 cm³/mol. The molecular weight excluding hydrogens is 274 g/mol. The maximum atomic E-state index is 12.3. The summed E-state index contributed by atoms with van der Waals surface area (Å²) in [6.45, 7) is 7.23. The standard InChI is InChI=1S/C15H17NO5/c1-5-20-14(18)10-7-11-8(3)12(15(19)21-6-2)9(4)16(11)13(10)17/h7H,5-6H2,1-4H3. The third-order valence-electron chi connectivity index (χ3n) is 3.39. The van der Waals surface area contributed by atoms with Crippen molar-refractivity contribution in [3.05, 3.63) is 28.1 Å². The van der Waals surface area contributed by atoms with Crippen molar-refractivity contribution < 1.29 is 23.9 Å². The Morgan fingerprint density at radius 1 is 1.10 bits per heavy atom. The van der Waals surface area contributed by atoms with Crippen molar-refractivity contribution in [3.8, 4) is 0 Å². The smallest absolute Gasteiger partial charge is 0.343 e. The number of esters is 2. The number of fused-ring (bicyclic) bond motifs is 1. The molecule has 112 valence electrons. The van der Waals surface area contributed by atoms with Gasteiger partial charge in [0.25, 0.3) is 5.91 Å². The molecule has 0 saturated heterocycles. The maximum Gasteiger partial charge on any atom is 0.343 e. The average molecular weight is 291 g/mol. The van der Waals surface area contributed by atoms with Gasteiger partial charge in [0.15, 0.2) is 0 Å². The Bertz CT molecular complexity index is 666. The minimum atomic E-state index is -0.650. The highest BCUT2D eigenvalue weighted by molar-refractivity contribution is 6.24. The van der Waals surface area contributed by atoms with Gasteiger partial charge in [-0.2, -0.15) is 0 Å². The largest absolute Gasteiger partial charge is 0.462 e. The normalized spacial score (nSPS) is 13.0. The fourth-order valence-electron chi connectivity index (χ4n) is 2.47. The molecule has 0 unspecified atom stereocenters. The van der Waals surface area contributed by atoms with E-state index in [0.717, 1.165) is 0 Å². The first kappa shape index (κ1) is 15.0. The molecule has 1 aliphatic rings. The second-order valence-electron chi connectivity index (χ2n) is 4.61. The van der Waals surface area contributed by atoms with Crippen molar-refractivity contribution in [2.45, 2.75) is 27.7 Å². The molecular formula is C15H17NO5. The zero-order valence-electron chi connectivity index (χ0n) is 12.5. The monoisotopic (exact) mass is 291 g/mol. The van der Waals surface area contributed by atoms with Crippen LogP contribution in [0.2, 0.25) is 0 Å². The number of carbonyl (C=O) groups is 3. The van der Waals surface area contributed by atoms with E-state index in [-0.39, 0.29) is 18.8 Å². The molecule has 1 aromatic heterocycles. The summed E-state index contributed by atoms with van der Waals surface area (Å²) >= 11 is 0. The quantitative estimate of drug-likeness (QED) is 0.625. The van der Waals surface area contributed by atoms with Crippen LogP contribution in [0.4, 0.5) is 0 Å². The second kappa shape index (κ2) is 5.55. The third-order valence-corrected chi connectivity index (χ3v) is 3.39. The molecule has 0 spiro atoms. The first-order chi connectivity index (χ1) is 9.93. The lowest BCUT2D eigenvalue weighted by Crippen LogP contribution is -2.19. The van der Waals surface area contributed by atoms with Gasteiger partial charge in [0.1, 0.15) is 5.57 Å². The van der Waals surface area contributed by atoms with E-state index in [1.54, 1.807) is 27.7 Å². The average Bonchev–Trinajstić information content (AvgIpc) is 2.88. The Balaban J connectivity index is 2.49. The zero-order chi connectivity index (χ0) is 15.7. The molecule has 0 atom stereocenters. The summed E-state index contributed by atoms with van der Waals surface area (Å²) < 4.78 is 11.2. The fraction of sp³-hybridized carbons (Fsp3) is 0.400. The Kier molecular flexibility index (Phi) is 3.97. The number of rotatable bonds is 4. The summed E-state index contributed by atoms with van der Waals surface area (Å²) in [5, 5.41) is 0. The molecule has 2 rings (SSSR count). The van der Waals surface area contributed by atoms with Gasteiger partial charge in [0, 0.05) is 5.69 Å². The van der Waals surface area contributed by atoms with Gasteiger partial charge < -0.3 is 9.47 Å². The van der Waals surface area contributed by atoms with Crippen LogP contribution in [0.25, 0.3) is 6.08 Å². The molecule has 21 heavy (non-hydrogen) atoms. The third kappa shape index (κ3) is 2.26. The molecule has 6 heteroatoms. The number of ether oxygens (including phenoxy) is 2. The Morgan fingerprint density at radius 2 is 1.67 bits per heavy atom. The van der Waals surface area contributed by atoms with Crippen LogP contribution in [0.15, 0.2) is 5.57 Å². The van der Waals surface area contributed by atoms with E-state index in [1.165, 1.54) is 10.6 Å². The van der Waals surface area contributed by atoms with E-state index in [4.69, 9.17) is 9.47 Å². The van der Waals surface area contributed by atoms with Gasteiger partial charge in [0.05, 0.1) is 24.5 Å². The van der Waals surface area contributed by atoms with E-state index in [0.29, 0.717) is 22.5 Å². The van der Waals surface area contributed by atoms with Gasteiger partial charge in [-0.05, 0) is 39.3 Å². The Hall–Kier alpha value is -2.37. The van der Waals surface area contributed by atoms with Crippen molar-refractivity contribution in [1.82, 2.24) is 4.57 Å². The van der Waals surface area contributed by atoms with E-state index in [9.17, 15) is 14.4 Å². The highest BCUT2D eigenvalue weighted by Gasteiger charge is 2.34. The summed E-state index contributed by atoms with van der Waals surface area (Å²) in [5.41, 5.74) is 1.98. The Labute approximate surface area is 122 Å². The Morgan fingerprint density at radius 3 is 2.19 bits per heavy atom. The van der Waals surface area contributed by atoms with Gasteiger partial charge in [-0.1, -0.05) is 0 Å². The molecule has 0 saturated carbocycles. The van der Waals surface area contributed by atoms with Crippen LogP contribution in [0.5, 0.6) is 0 Å². The first-order valence-corrected chi connectivity index (χ1v) is 6.76. The number of hydrogen-bond donors (Lipinski definition) is 0. The van der Waals surface area contributed by atoms with Crippen LogP contribution in [-0.2, 0) is 14.3 Å². The second-order valence-corrected chi connectivity index (χ2v) is 4.61. The summed E-state index contributed by atoms with van der Waals surface area (Å²) in [6, 6.07) is 0. The lowest BCUT2D eigenvalue weighted by Gasteiger charge is -2.06. The topological polar surface area (TPSA) is 74.6 Å². The molecule has 0 amide bonds. The maximum absolute atomic E-state index is 12.3. The first-order valence-electron chi connectivity index (χ1n) is 6.76. The molecule has 0 aliphatic carbocycles. The van der Waals surface area contributed by atoms with Gasteiger partial charge in [-0.3, -0.25) is 9.36 Å². The molecule has 0 N–H and O–H groups in total. The molecule has 0 aromatic carbocycles. The summed E-state index contributed by atoms with van der Waals surface area (Å²) in [4.78, 5) is 36.0. The van der Waals surface area contributed by atoms with Crippen LogP contribution in [0, 0.1) is 13.8 Å². The van der Waals surface area contributed by atoms with E-state index >= 15 is 0 Å². The van der Waals surface area contributed by atoms with Crippen LogP contribution in [0.3, 0.4) is 0 Å². The van der Waals surface area contributed by atoms with Crippen molar-refractivity contribution in [2.24, 2.45) is 0 Å². The van der Waals surface area contributed by atoms with Crippen molar-refractivity contribution >= 4 is 23.9 Å². The predicted octanol–water partition coefficient (Wildman–Crippen LogP) is 1.88. The highest BCUT2D eigenvalue weighted by Crippen LogP contribution is 2.30. The lowest BCUT2D eigenvalue weighted by molar-refractivity contribution is -0.137. The zero-order valence-corrected chi connectivity index (χ0v) is 12.5. The molecule has 0 radical (unpaired) electrons. The summed E-state index contributed by atoms with van der Waals surface area (Å²) in [6.07, 6.45) is 1.46. The number of hydrogen-bond acceptors (Lipinski definition) is 5. The molecule has 0 fully saturated rings. The van der Waals surface area contributed by atoms with Gasteiger partial charge in [-0.15, -0.1) is 0 Å². The molecule has 6 nitrogen and oxygen atoms in total. The van der Waals surface area contributed by atoms with E-state index in [2.05, 4.69) is 0 Å². The summed E-state index contributed by atoms with van der Waals surface area (Å²) in [7, 11) is 0. The number of carbonyl (C=O) groups excluding carboxylic acids is 3. The van der Waals surface area contributed by atoms with Gasteiger partial charge in [-0.25, -0.2) is 9.59 Å². The van der Waals surface area contributed by atoms with Crippen LogP contribution < -0.4 is 0 Å². The molecule has 1 aromatic rings. The van der Waals surface area contributed by atoms with Crippen molar-refractivity contribution in [3.63, 3.8) is 0 Å². The van der Waals surface area contributed by atoms with Crippen LogP contribution >= 0.6 is 0 Å². The molecule has 2 heterocycles. The minimum absolute atomic E-state index is 0.0199. The fourth-order valence-corrected chi connectivity index (χ4v) is 2.47. The van der Waals surface area contributed by atoms with E-state index in [1.807, 2.05) is 0 Å². The highest BCUT2D eigenvalue weighted by atomic mass is 16.5. The minimum Gasteiger partial charge on any atom is -0.462 e. The number of nitrogens with zero attached hydrogens (tertiary/aromatic N) is 1. The summed E-state index contributed by atoms with van der Waals surface area (Å²) in [5.74, 6) is -1.59.